The lowest BCUT2D eigenvalue weighted by molar-refractivity contribution is -0.120. The van der Waals surface area contributed by atoms with Crippen LogP contribution in [0.15, 0.2) is 84.6 Å². The van der Waals surface area contributed by atoms with E-state index in [0.29, 0.717) is 54.2 Å². The molecule has 9 rings (SSSR count). The number of nitrogens with one attached hydrogen (secondary N) is 1. The van der Waals surface area contributed by atoms with Crippen LogP contribution >= 0.6 is 0 Å². The summed E-state index contributed by atoms with van der Waals surface area (Å²) in [5, 5.41) is 13.8. The average molecular weight is 813 g/mol. The molecular weight excluding hydrogens is 757 g/mol. The minimum absolute atomic E-state index is 0.0970. The maximum Gasteiger partial charge on any atom is 0.328 e. The number of fused-ring (bicyclic) bond motifs is 1. The summed E-state index contributed by atoms with van der Waals surface area (Å²) in [5.74, 6) is 2.06. The molecule has 314 valence electrons. The smallest absolute Gasteiger partial charge is 0.328 e. The monoisotopic (exact) mass is 812 g/mol. The molecule has 5 fully saturated rings. The molecule has 2 aromatic heterocycles. The van der Waals surface area contributed by atoms with E-state index >= 15 is 0 Å². The Morgan fingerprint density at radius 3 is 2.33 bits per heavy atom. The third-order valence-corrected chi connectivity index (χ3v) is 13.2. The number of phenols is 1. The van der Waals surface area contributed by atoms with Crippen LogP contribution < -0.4 is 27.4 Å². The van der Waals surface area contributed by atoms with Gasteiger partial charge in [0.15, 0.2) is 0 Å². The zero-order chi connectivity index (χ0) is 41.5. The van der Waals surface area contributed by atoms with Crippen LogP contribution in [0.3, 0.4) is 0 Å². The Labute approximate surface area is 350 Å². The highest BCUT2D eigenvalue weighted by Crippen LogP contribution is 2.44. The molecule has 14 nitrogen and oxygen atoms in total. The molecule has 4 aromatic rings. The lowest BCUT2D eigenvalue weighted by atomic mass is 9.89. The van der Waals surface area contributed by atoms with Gasteiger partial charge in [-0.1, -0.05) is 24.3 Å². The molecule has 6 heterocycles. The van der Waals surface area contributed by atoms with Crippen molar-refractivity contribution in [3.63, 3.8) is 0 Å². The van der Waals surface area contributed by atoms with Crippen LogP contribution in [-0.4, -0.2) is 99.6 Å². The number of amides is 4. The number of rotatable bonds is 11. The Bertz CT molecular complexity index is 2330. The first-order valence-electron chi connectivity index (χ1n) is 21.6. The highest BCUT2D eigenvalue weighted by atomic mass is 16.3. The highest BCUT2D eigenvalue weighted by Gasteiger charge is 2.34. The van der Waals surface area contributed by atoms with Crippen molar-refractivity contribution in [2.24, 2.45) is 29.0 Å². The molecule has 1 atom stereocenters. The Morgan fingerprint density at radius 1 is 0.850 bits per heavy atom. The van der Waals surface area contributed by atoms with Crippen LogP contribution in [0, 0.1) is 11.8 Å². The first kappa shape index (κ1) is 39.4. The average Bonchev–Trinajstić information content (AvgIpc) is 4.03. The van der Waals surface area contributed by atoms with E-state index < -0.39 is 0 Å². The second-order valence-corrected chi connectivity index (χ2v) is 17.5. The molecule has 4 saturated heterocycles. The lowest BCUT2D eigenvalue weighted by Gasteiger charge is -2.43. The lowest BCUT2D eigenvalue weighted by Crippen LogP contribution is -2.51. The summed E-state index contributed by atoms with van der Waals surface area (Å²) < 4.78 is 2.32. The number of aromatic nitrogens is 2. The molecule has 0 radical (unpaired) electrons. The number of hydrogen-bond donors (Lipinski definition) is 5. The SMILES string of the molecule is NC(N)=C(/C=C(\N)c1ccccc1O)N1CCCC(c2ccc(C(=O)N3CCC(CN4CC(Cn5cc(C6CC6)c6cc(N7CCC(=O)NC7=O)cnc65)C4)CC3)cc2)C1. The van der Waals surface area contributed by atoms with Gasteiger partial charge in [-0.2, -0.15) is 0 Å². The van der Waals surface area contributed by atoms with Crippen molar-refractivity contribution in [1.29, 1.82) is 0 Å². The molecule has 2 aromatic carbocycles. The third kappa shape index (κ3) is 8.25. The number of benzene rings is 2. The minimum Gasteiger partial charge on any atom is -0.507 e. The molecule has 0 bridgehead atoms. The number of hydrogen-bond acceptors (Lipinski definition) is 10. The summed E-state index contributed by atoms with van der Waals surface area (Å²) >= 11 is 0. The fraction of sp³-hybridized carbons (Fsp3) is 0.435. The number of nitrogens with two attached hydrogens (primary N) is 3. The highest BCUT2D eigenvalue weighted by molar-refractivity contribution is 6.06. The first-order chi connectivity index (χ1) is 29.1. The number of nitrogens with zero attached hydrogens (tertiary/aromatic N) is 6. The number of pyridine rings is 1. The number of allylic oxidation sites excluding steroid dienone is 1. The number of carbonyl (C=O) groups excluding carboxylic acids is 3. The van der Waals surface area contributed by atoms with E-state index in [9.17, 15) is 19.5 Å². The van der Waals surface area contributed by atoms with Gasteiger partial charge >= 0.3 is 6.03 Å². The van der Waals surface area contributed by atoms with E-state index in [1.54, 1.807) is 35.4 Å². The van der Waals surface area contributed by atoms with Crippen molar-refractivity contribution >= 4 is 40.3 Å². The van der Waals surface area contributed by atoms with E-state index in [1.165, 1.54) is 24.0 Å². The number of piperidine rings is 2. The summed E-state index contributed by atoms with van der Waals surface area (Å²) in [7, 11) is 0. The van der Waals surface area contributed by atoms with Crippen LogP contribution in [0.25, 0.3) is 16.7 Å². The van der Waals surface area contributed by atoms with Gasteiger partial charge < -0.3 is 41.6 Å². The van der Waals surface area contributed by atoms with Crippen molar-refractivity contribution in [2.45, 2.75) is 63.3 Å². The van der Waals surface area contributed by atoms with E-state index in [4.69, 9.17) is 22.2 Å². The Balaban J connectivity index is 0.747. The van der Waals surface area contributed by atoms with Crippen LogP contribution in [0.1, 0.15) is 83.8 Å². The number of phenolic OH excluding ortho intramolecular Hbond substituents is 1. The summed E-state index contributed by atoms with van der Waals surface area (Å²) in [5.41, 5.74) is 25.2. The van der Waals surface area contributed by atoms with Gasteiger partial charge in [0.1, 0.15) is 17.2 Å². The Hall–Kier alpha value is -6.02. The van der Waals surface area contributed by atoms with E-state index in [1.807, 2.05) is 23.1 Å². The molecule has 4 amide bonds. The second kappa shape index (κ2) is 16.6. The van der Waals surface area contributed by atoms with Crippen molar-refractivity contribution in [3.05, 3.63) is 107 Å². The maximum absolute atomic E-state index is 13.6. The van der Waals surface area contributed by atoms with E-state index in [0.717, 1.165) is 93.8 Å². The van der Waals surface area contributed by atoms with E-state index in [2.05, 4.69) is 44.1 Å². The van der Waals surface area contributed by atoms with E-state index in [-0.39, 0.29) is 35.3 Å². The largest absolute Gasteiger partial charge is 0.507 e. The predicted molar refractivity (Wildman–Crippen MR) is 231 cm³/mol. The Morgan fingerprint density at radius 2 is 1.62 bits per heavy atom. The van der Waals surface area contributed by atoms with Gasteiger partial charge in [-0.25, -0.2) is 9.78 Å². The van der Waals surface area contributed by atoms with Crippen LogP contribution in [0.5, 0.6) is 5.75 Å². The quantitative estimate of drug-likeness (QED) is 0.131. The molecule has 1 aliphatic carbocycles. The third-order valence-electron chi connectivity index (χ3n) is 13.2. The van der Waals surface area contributed by atoms with Gasteiger partial charge in [0.05, 0.1) is 17.6 Å². The van der Waals surface area contributed by atoms with Crippen LogP contribution in [0.4, 0.5) is 10.5 Å². The van der Waals surface area contributed by atoms with Crippen molar-refractivity contribution < 1.29 is 19.5 Å². The molecule has 0 spiro atoms. The van der Waals surface area contributed by atoms with Gasteiger partial charge in [0.25, 0.3) is 5.91 Å². The van der Waals surface area contributed by atoms with Gasteiger partial charge in [-0.05, 0) is 97.9 Å². The number of aromatic hydroxyl groups is 1. The molecule has 60 heavy (non-hydrogen) atoms. The fourth-order valence-corrected chi connectivity index (χ4v) is 9.76. The number of urea groups is 1. The zero-order valence-electron chi connectivity index (χ0n) is 34.1. The topological polar surface area (TPSA) is 192 Å². The molecule has 5 aliphatic rings. The summed E-state index contributed by atoms with van der Waals surface area (Å²) in [6, 6.07) is 16.8. The summed E-state index contributed by atoms with van der Waals surface area (Å²) in [4.78, 5) is 51.0. The van der Waals surface area contributed by atoms with Gasteiger partial charge in [0.2, 0.25) is 5.91 Å². The van der Waals surface area contributed by atoms with Gasteiger partial charge in [0, 0.05) is 106 Å². The number of para-hydroxylation sites is 1. The normalized spacial score (nSPS) is 21.0. The van der Waals surface area contributed by atoms with Crippen molar-refractivity contribution in [3.8, 4) is 5.75 Å². The van der Waals surface area contributed by atoms with Crippen molar-refractivity contribution in [2.75, 3.05) is 57.3 Å². The van der Waals surface area contributed by atoms with Crippen LogP contribution in [-0.2, 0) is 11.3 Å². The zero-order valence-corrected chi connectivity index (χ0v) is 34.1. The molecule has 1 saturated carbocycles. The Kier molecular flexibility index (Phi) is 10.9. The summed E-state index contributed by atoms with van der Waals surface area (Å²) in [6.45, 7) is 7.52. The molecule has 1 unspecified atom stereocenters. The fourth-order valence-electron chi connectivity index (χ4n) is 9.76. The number of likely N-dealkylation sites (tertiary alicyclic amines) is 3. The standard InChI is InChI=1S/C46H56N10O4/c47-39(36-5-1-2-6-41(36)57)21-40(43(48)49)54-16-3-4-34(27-54)31-7-11-33(12-8-31)45(59)53-17-13-29(14-18-53)23-52-24-30(25-52)26-55-28-38(32-9-10-32)37-20-35(22-50-44(37)55)56-19-15-42(58)51-46(56)60/h1-2,5-8,11-12,20-22,28-30,32,34,57H,3-4,9-10,13-19,23-27,47-49H2,(H,51,58,60)/b39-21-. The molecule has 14 heteroatoms. The number of carbonyl (C=O) groups is 3. The minimum atomic E-state index is -0.382. The predicted octanol–water partition coefficient (Wildman–Crippen LogP) is 4.82. The number of imide groups is 1. The van der Waals surface area contributed by atoms with Crippen molar-refractivity contribution in [1.82, 2.24) is 29.6 Å². The summed E-state index contributed by atoms with van der Waals surface area (Å²) in [6.07, 6.45) is 12.4. The van der Waals surface area contributed by atoms with Crippen LogP contribution in [0.2, 0.25) is 0 Å². The number of anilines is 1. The van der Waals surface area contributed by atoms with Gasteiger partial charge in [-0.15, -0.1) is 0 Å². The second-order valence-electron chi connectivity index (χ2n) is 17.5. The molecular formula is C46H56N10O4. The maximum atomic E-state index is 13.6. The van der Waals surface area contributed by atoms with Gasteiger partial charge in [-0.3, -0.25) is 19.8 Å². The first-order valence-corrected chi connectivity index (χ1v) is 21.6. The molecule has 8 N–H and O–H groups in total. The molecule has 4 aliphatic heterocycles.